The maximum Gasteiger partial charge on any atom is 0.258 e. The van der Waals surface area contributed by atoms with E-state index < -0.39 is 0 Å². The normalized spacial score (nSPS) is 10.4. The quantitative estimate of drug-likeness (QED) is 0.784. The van der Waals surface area contributed by atoms with Crippen molar-refractivity contribution in [2.45, 2.75) is 6.54 Å². The molecule has 5 heteroatoms. The molecule has 0 aliphatic heterocycles. The molecule has 0 saturated heterocycles. The molecule has 0 spiro atoms. The van der Waals surface area contributed by atoms with Crippen LogP contribution in [0.3, 0.4) is 0 Å². The fourth-order valence-corrected chi connectivity index (χ4v) is 2.05. The Kier molecular flexibility index (Phi) is 4.25. The minimum atomic E-state index is -0.171. The molecule has 110 valence electrons. The molecular formula is C17H15N3O2. The Hall–Kier alpha value is -2.95. The van der Waals surface area contributed by atoms with Crippen molar-refractivity contribution in [3.8, 4) is 5.75 Å². The minimum absolute atomic E-state index is 0.0218. The van der Waals surface area contributed by atoms with Gasteiger partial charge >= 0.3 is 0 Å². The van der Waals surface area contributed by atoms with Gasteiger partial charge in [0.25, 0.3) is 5.91 Å². The largest absolute Gasteiger partial charge is 0.484 e. The second kappa shape index (κ2) is 6.67. The number of nitrogens with one attached hydrogen (secondary N) is 1. The molecule has 1 aromatic carbocycles. The predicted molar refractivity (Wildman–Crippen MR) is 83.3 cm³/mol. The topological polar surface area (TPSA) is 64.1 Å². The van der Waals surface area contributed by atoms with Crippen molar-refractivity contribution in [1.82, 2.24) is 15.3 Å². The summed E-state index contributed by atoms with van der Waals surface area (Å²) >= 11 is 0. The fourth-order valence-electron chi connectivity index (χ4n) is 2.05. The lowest BCUT2D eigenvalue weighted by Crippen LogP contribution is -2.28. The Bertz CT molecular complexity index is 775. The summed E-state index contributed by atoms with van der Waals surface area (Å²) < 4.78 is 5.51. The Labute approximate surface area is 128 Å². The van der Waals surface area contributed by atoms with Crippen LogP contribution in [0.25, 0.3) is 10.9 Å². The molecule has 0 unspecified atom stereocenters. The summed E-state index contributed by atoms with van der Waals surface area (Å²) in [7, 11) is 0. The van der Waals surface area contributed by atoms with Gasteiger partial charge in [-0.1, -0.05) is 12.1 Å². The number of ether oxygens (including phenoxy) is 1. The number of hydrogen-bond donors (Lipinski definition) is 1. The van der Waals surface area contributed by atoms with E-state index in [2.05, 4.69) is 15.3 Å². The zero-order valence-corrected chi connectivity index (χ0v) is 11.9. The van der Waals surface area contributed by atoms with E-state index >= 15 is 0 Å². The van der Waals surface area contributed by atoms with Gasteiger partial charge in [-0.15, -0.1) is 0 Å². The molecule has 22 heavy (non-hydrogen) atoms. The number of hydrogen-bond acceptors (Lipinski definition) is 4. The molecule has 0 saturated carbocycles. The molecule has 2 heterocycles. The van der Waals surface area contributed by atoms with E-state index in [0.717, 1.165) is 16.5 Å². The van der Waals surface area contributed by atoms with Crippen molar-refractivity contribution in [2.75, 3.05) is 6.61 Å². The molecule has 5 nitrogen and oxygen atoms in total. The van der Waals surface area contributed by atoms with Crippen LogP contribution in [0.4, 0.5) is 0 Å². The van der Waals surface area contributed by atoms with E-state index in [0.29, 0.717) is 12.3 Å². The lowest BCUT2D eigenvalue weighted by molar-refractivity contribution is -0.123. The number of aromatic nitrogens is 2. The summed E-state index contributed by atoms with van der Waals surface area (Å²) in [6.45, 7) is 0.420. The number of fused-ring (bicyclic) bond motifs is 1. The SMILES string of the molecule is O=C(COc1ccc2ncccc2c1)NCc1cccnc1. The molecule has 0 radical (unpaired) electrons. The predicted octanol–water partition coefficient (Wildman–Crippen LogP) is 2.33. The highest BCUT2D eigenvalue weighted by molar-refractivity contribution is 5.80. The van der Waals surface area contributed by atoms with Gasteiger partial charge in [-0.2, -0.15) is 0 Å². The van der Waals surface area contributed by atoms with Crippen LogP contribution in [-0.2, 0) is 11.3 Å². The van der Waals surface area contributed by atoms with Crippen molar-refractivity contribution in [3.05, 3.63) is 66.6 Å². The summed E-state index contributed by atoms with van der Waals surface area (Å²) in [5, 5.41) is 3.77. The van der Waals surface area contributed by atoms with E-state index in [1.54, 1.807) is 18.6 Å². The van der Waals surface area contributed by atoms with Crippen molar-refractivity contribution < 1.29 is 9.53 Å². The van der Waals surface area contributed by atoms with Crippen LogP contribution in [-0.4, -0.2) is 22.5 Å². The molecular weight excluding hydrogens is 278 g/mol. The van der Waals surface area contributed by atoms with Gasteiger partial charge in [0.15, 0.2) is 6.61 Å². The zero-order valence-electron chi connectivity index (χ0n) is 11.9. The lowest BCUT2D eigenvalue weighted by atomic mass is 10.2. The van der Waals surface area contributed by atoms with Crippen LogP contribution in [0.1, 0.15) is 5.56 Å². The van der Waals surface area contributed by atoms with Crippen molar-refractivity contribution in [3.63, 3.8) is 0 Å². The monoisotopic (exact) mass is 293 g/mol. The summed E-state index contributed by atoms with van der Waals surface area (Å²) in [5.41, 5.74) is 1.85. The van der Waals surface area contributed by atoms with E-state index in [4.69, 9.17) is 4.74 Å². The minimum Gasteiger partial charge on any atom is -0.484 e. The van der Waals surface area contributed by atoms with E-state index in [1.807, 2.05) is 42.5 Å². The van der Waals surface area contributed by atoms with Gasteiger partial charge < -0.3 is 10.1 Å². The third-order valence-electron chi connectivity index (χ3n) is 3.16. The van der Waals surface area contributed by atoms with Gasteiger partial charge in [-0.25, -0.2) is 0 Å². The van der Waals surface area contributed by atoms with Gasteiger partial charge in [0.1, 0.15) is 5.75 Å². The van der Waals surface area contributed by atoms with Crippen molar-refractivity contribution >= 4 is 16.8 Å². The van der Waals surface area contributed by atoms with E-state index in [9.17, 15) is 4.79 Å². The third-order valence-corrected chi connectivity index (χ3v) is 3.16. The second-order valence-corrected chi connectivity index (χ2v) is 4.78. The number of benzene rings is 1. The molecule has 0 atom stereocenters. The number of pyridine rings is 2. The molecule has 0 fully saturated rings. The summed E-state index contributed by atoms with van der Waals surface area (Å²) in [5.74, 6) is 0.479. The first kappa shape index (κ1) is 14.0. The third kappa shape index (κ3) is 3.58. The highest BCUT2D eigenvalue weighted by Crippen LogP contribution is 2.18. The Morgan fingerprint density at radius 3 is 2.91 bits per heavy atom. The molecule has 1 N–H and O–H groups in total. The first-order valence-electron chi connectivity index (χ1n) is 6.94. The maximum atomic E-state index is 11.8. The average molecular weight is 293 g/mol. The molecule has 2 aromatic heterocycles. The van der Waals surface area contributed by atoms with Gasteiger partial charge in [0.05, 0.1) is 5.52 Å². The van der Waals surface area contributed by atoms with Crippen molar-refractivity contribution in [1.29, 1.82) is 0 Å². The smallest absolute Gasteiger partial charge is 0.258 e. The Balaban J connectivity index is 1.53. The average Bonchev–Trinajstić information content (AvgIpc) is 2.59. The summed E-state index contributed by atoms with van der Waals surface area (Å²) in [6, 6.07) is 13.1. The highest BCUT2D eigenvalue weighted by atomic mass is 16.5. The van der Waals surface area contributed by atoms with E-state index in [-0.39, 0.29) is 12.5 Å². The molecule has 1 amide bonds. The van der Waals surface area contributed by atoms with Gasteiger partial charge in [-0.3, -0.25) is 14.8 Å². The zero-order chi connectivity index (χ0) is 15.2. The number of amides is 1. The highest BCUT2D eigenvalue weighted by Gasteiger charge is 2.04. The van der Waals surface area contributed by atoms with Gasteiger partial charge in [-0.05, 0) is 35.9 Å². The molecule has 0 aliphatic carbocycles. The van der Waals surface area contributed by atoms with Crippen LogP contribution in [0.15, 0.2) is 61.1 Å². The van der Waals surface area contributed by atoms with Crippen LogP contribution in [0.2, 0.25) is 0 Å². The Morgan fingerprint density at radius 2 is 2.05 bits per heavy atom. The first-order chi connectivity index (χ1) is 10.8. The first-order valence-corrected chi connectivity index (χ1v) is 6.94. The summed E-state index contributed by atoms with van der Waals surface area (Å²) in [6.07, 6.45) is 5.16. The molecule has 3 rings (SSSR count). The number of carbonyl (C=O) groups excluding carboxylic acids is 1. The molecule has 3 aromatic rings. The van der Waals surface area contributed by atoms with Gasteiger partial charge in [0.2, 0.25) is 0 Å². The second-order valence-electron chi connectivity index (χ2n) is 4.78. The Morgan fingerprint density at radius 1 is 1.14 bits per heavy atom. The number of rotatable bonds is 5. The van der Waals surface area contributed by atoms with Crippen LogP contribution in [0.5, 0.6) is 5.75 Å². The van der Waals surface area contributed by atoms with Gasteiger partial charge in [0, 0.05) is 30.5 Å². The lowest BCUT2D eigenvalue weighted by Gasteiger charge is -2.08. The maximum absolute atomic E-state index is 11.8. The summed E-state index contributed by atoms with van der Waals surface area (Å²) in [4.78, 5) is 20.0. The van der Waals surface area contributed by atoms with Crippen LogP contribution in [0, 0.1) is 0 Å². The fraction of sp³-hybridized carbons (Fsp3) is 0.118. The molecule has 0 aliphatic rings. The van der Waals surface area contributed by atoms with Crippen molar-refractivity contribution in [2.24, 2.45) is 0 Å². The van der Waals surface area contributed by atoms with Crippen LogP contribution >= 0.6 is 0 Å². The number of nitrogens with zero attached hydrogens (tertiary/aromatic N) is 2. The number of carbonyl (C=O) groups is 1. The standard InChI is InChI=1S/C17H15N3O2/c21-17(20-11-13-3-1-7-18-10-13)12-22-15-5-6-16-14(9-15)4-2-8-19-16/h1-10H,11-12H2,(H,20,21). The van der Waals surface area contributed by atoms with Crippen LogP contribution < -0.4 is 10.1 Å². The molecule has 0 bridgehead atoms. The van der Waals surface area contributed by atoms with E-state index in [1.165, 1.54) is 0 Å².